The molecule has 4 heteroatoms. The van der Waals surface area contributed by atoms with Crippen molar-refractivity contribution < 1.29 is 18.9 Å². The topological polar surface area (TPSA) is 36.9 Å². The number of benzene rings is 4. The Balaban J connectivity index is 1.65. The Bertz CT molecular complexity index is 1370. The van der Waals surface area contributed by atoms with Gasteiger partial charge in [-0.05, 0) is 89.2 Å². The normalized spacial score (nSPS) is 13.2. The van der Waals surface area contributed by atoms with Crippen LogP contribution in [-0.2, 0) is 12.8 Å². The molecule has 0 aromatic heterocycles. The van der Waals surface area contributed by atoms with E-state index in [4.69, 9.17) is 18.9 Å². The molecule has 0 unspecified atom stereocenters. The van der Waals surface area contributed by atoms with Gasteiger partial charge < -0.3 is 18.9 Å². The smallest absolute Gasteiger partial charge is 0.169 e. The summed E-state index contributed by atoms with van der Waals surface area (Å²) in [6.45, 7) is 0. The van der Waals surface area contributed by atoms with Crippen LogP contribution in [-0.4, -0.2) is 21.3 Å². The molecule has 0 amide bonds. The van der Waals surface area contributed by atoms with Gasteiger partial charge in [0.15, 0.2) is 11.5 Å². The second-order valence-electron chi connectivity index (χ2n) is 8.48. The van der Waals surface area contributed by atoms with Crippen molar-refractivity contribution in [3.05, 3.63) is 101 Å². The van der Waals surface area contributed by atoms with E-state index in [2.05, 4.69) is 48.6 Å². The molecule has 6 bridgehead atoms. The van der Waals surface area contributed by atoms with Crippen molar-refractivity contribution in [2.45, 2.75) is 12.8 Å². The lowest BCUT2D eigenvalue weighted by Crippen LogP contribution is -1.97. The zero-order valence-corrected chi connectivity index (χ0v) is 20.2. The highest BCUT2D eigenvalue weighted by Crippen LogP contribution is 2.37. The Morgan fingerprint density at radius 2 is 1.31 bits per heavy atom. The number of aryl methyl sites for hydroxylation is 2. The fourth-order valence-corrected chi connectivity index (χ4v) is 4.37. The highest BCUT2D eigenvalue weighted by Gasteiger charge is 2.13. The van der Waals surface area contributed by atoms with Gasteiger partial charge in [0, 0.05) is 5.56 Å². The van der Waals surface area contributed by atoms with E-state index in [0.717, 1.165) is 52.3 Å². The maximum Gasteiger partial charge on any atom is 0.169 e. The van der Waals surface area contributed by atoms with E-state index in [1.54, 1.807) is 21.3 Å². The molecule has 0 spiro atoms. The Hall–Kier alpha value is -4.18. The van der Waals surface area contributed by atoms with Crippen LogP contribution in [0.15, 0.2) is 78.9 Å². The molecule has 4 aliphatic rings. The fourth-order valence-electron chi connectivity index (χ4n) is 4.37. The number of hydrogen-bond donors (Lipinski definition) is 0. The lowest BCUT2D eigenvalue weighted by Gasteiger charge is -2.15. The van der Waals surface area contributed by atoms with E-state index < -0.39 is 0 Å². The van der Waals surface area contributed by atoms with Crippen molar-refractivity contribution >= 4 is 12.2 Å². The fraction of sp³-hybridized carbons (Fsp3) is 0.161. The molecule has 0 N–H and O–H groups in total. The predicted octanol–water partition coefficient (Wildman–Crippen LogP) is 7.44. The maximum absolute atomic E-state index is 6.20. The maximum atomic E-state index is 6.20. The SMILES string of the molecule is COc1ccc2c(c1)/C=C/c1ccc(cc1)Oc1cc(ccc1OC)CCc1ccc-2c(OC)c1. The van der Waals surface area contributed by atoms with E-state index in [0.29, 0.717) is 11.5 Å². The molecule has 4 aromatic rings. The van der Waals surface area contributed by atoms with Crippen LogP contribution in [0, 0.1) is 0 Å². The number of hydrogen-bond acceptors (Lipinski definition) is 4. The van der Waals surface area contributed by atoms with Crippen LogP contribution in [0.5, 0.6) is 28.7 Å². The molecular weight excluding hydrogens is 436 g/mol. The summed E-state index contributed by atoms with van der Waals surface area (Å²) in [5, 5.41) is 0. The minimum atomic E-state index is 0.711. The molecule has 0 fully saturated rings. The first kappa shape index (κ1) is 22.6. The Morgan fingerprint density at radius 3 is 2.06 bits per heavy atom. The molecule has 0 saturated heterocycles. The van der Waals surface area contributed by atoms with Gasteiger partial charge in [0.05, 0.1) is 21.3 Å². The van der Waals surface area contributed by atoms with E-state index >= 15 is 0 Å². The molecule has 0 saturated carbocycles. The first-order chi connectivity index (χ1) is 17.2. The van der Waals surface area contributed by atoms with Gasteiger partial charge in [-0.1, -0.05) is 42.5 Å². The van der Waals surface area contributed by atoms with Gasteiger partial charge in [-0.25, -0.2) is 0 Å². The molecule has 0 radical (unpaired) electrons. The molecule has 4 nitrogen and oxygen atoms in total. The van der Waals surface area contributed by atoms with E-state index in [1.807, 2.05) is 42.5 Å². The molecule has 4 heterocycles. The van der Waals surface area contributed by atoms with Gasteiger partial charge in [-0.3, -0.25) is 0 Å². The molecule has 176 valence electrons. The van der Waals surface area contributed by atoms with Crippen LogP contribution in [0.3, 0.4) is 0 Å². The first-order valence-electron chi connectivity index (χ1n) is 11.6. The number of ether oxygens (including phenoxy) is 4. The number of methoxy groups -OCH3 is 3. The van der Waals surface area contributed by atoms with Crippen molar-refractivity contribution in [1.82, 2.24) is 0 Å². The molecule has 4 aliphatic heterocycles. The van der Waals surface area contributed by atoms with Crippen LogP contribution in [0.25, 0.3) is 23.3 Å². The summed E-state index contributed by atoms with van der Waals surface area (Å²) in [7, 11) is 5.07. The summed E-state index contributed by atoms with van der Waals surface area (Å²) in [5.41, 5.74) is 6.65. The largest absolute Gasteiger partial charge is 0.497 e. The third-order valence-corrected chi connectivity index (χ3v) is 6.31. The minimum Gasteiger partial charge on any atom is -0.497 e. The second-order valence-corrected chi connectivity index (χ2v) is 8.48. The van der Waals surface area contributed by atoms with Crippen molar-refractivity contribution in [2.24, 2.45) is 0 Å². The van der Waals surface area contributed by atoms with Crippen molar-refractivity contribution in [2.75, 3.05) is 21.3 Å². The highest BCUT2D eigenvalue weighted by atomic mass is 16.5. The monoisotopic (exact) mass is 464 g/mol. The average Bonchev–Trinajstić information content (AvgIpc) is 2.91. The van der Waals surface area contributed by atoms with Gasteiger partial charge in [0.1, 0.15) is 17.2 Å². The Labute approximate surface area is 206 Å². The molecule has 8 rings (SSSR count). The van der Waals surface area contributed by atoms with Crippen LogP contribution < -0.4 is 18.9 Å². The van der Waals surface area contributed by atoms with Gasteiger partial charge >= 0.3 is 0 Å². The van der Waals surface area contributed by atoms with Crippen LogP contribution in [0.1, 0.15) is 22.3 Å². The third kappa shape index (κ3) is 4.87. The van der Waals surface area contributed by atoms with Crippen molar-refractivity contribution in [3.63, 3.8) is 0 Å². The predicted molar refractivity (Wildman–Crippen MR) is 141 cm³/mol. The lowest BCUT2D eigenvalue weighted by molar-refractivity contribution is 0.378. The Morgan fingerprint density at radius 1 is 0.600 bits per heavy atom. The summed E-state index contributed by atoms with van der Waals surface area (Å²) in [5.74, 6) is 3.85. The number of rotatable bonds is 3. The summed E-state index contributed by atoms with van der Waals surface area (Å²) in [6, 6.07) is 26.7. The summed E-state index contributed by atoms with van der Waals surface area (Å²) in [6.07, 6.45) is 5.95. The zero-order valence-electron chi connectivity index (χ0n) is 20.2. The average molecular weight is 465 g/mol. The third-order valence-electron chi connectivity index (χ3n) is 6.31. The molecular formula is C31H28O4. The minimum absolute atomic E-state index is 0.711. The van der Waals surface area contributed by atoms with Gasteiger partial charge in [-0.15, -0.1) is 0 Å². The zero-order chi connectivity index (χ0) is 24.2. The second kappa shape index (κ2) is 9.98. The van der Waals surface area contributed by atoms with E-state index in [-0.39, 0.29) is 0 Å². The van der Waals surface area contributed by atoms with Gasteiger partial charge in [0.2, 0.25) is 0 Å². The van der Waals surface area contributed by atoms with Crippen molar-refractivity contribution in [1.29, 1.82) is 0 Å². The molecule has 4 aromatic carbocycles. The standard InChI is InChI=1S/C31H28O4/c1-32-26-14-16-27-24(20-26)11-6-21-7-12-25(13-8-21)35-31-19-23(10-17-29(31)33-2)5-4-22-9-15-28(27)30(18-22)34-3/h6-20H,4-5H2,1-3H3/b11-6+. The molecule has 0 aliphatic carbocycles. The van der Waals surface area contributed by atoms with E-state index in [1.165, 1.54) is 11.1 Å². The summed E-state index contributed by atoms with van der Waals surface area (Å²) >= 11 is 0. The summed E-state index contributed by atoms with van der Waals surface area (Å²) in [4.78, 5) is 0. The van der Waals surface area contributed by atoms with Crippen LogP contribution in [0.4, 0.5) is 0 Å². The first-order valence-corrected chi connectivity index (χ1v) is 11.6. The quantitative estimate of drug-likeness (QED) is 0.316. The van der Waals surface area contributed by atoms with Crippen molar-refractivity contribution in [3.8, 4) is 39.9 Å². The molecule has 35 heavy (non-hydrogen) atoms. The highest BCUT2D eigenvalue weighted by molar-refractivity contribution is 5.84. The van der Waals surface area contributed by atoms with E-state index in [9.17, 15) is 0 Å². The van der Waals surface area contributed by atoms with Gasteiger partial charge in [0.25, 0.3) is 0 Å². The lowest BCUT2D eigenvalue weighted by atomic mass is 9.95. The van der Waals surface area contributed by atoms with Gasteiger partial charge in [-0.2, -0.15) is 0 Å². The van der Waals surface area contributed by atoms with Crippen LogP contribution in [0.2, 0.25) is 0 Å². The Kier molecular flexibility index (Phi) is 6.44. The van der Waals surface area contributed by atoms with Crippen LogP contribution >= 0.6 is 0 Å². The molecule has 0 atom stereocenters. The summed E-state index contributed by atoms with van der Waals surface area (Å²) < 4.78 is 23.1.